The predicted octanol–water partition coefficient (Wildman–Crippen LogP) is 5.65. The minimum atomic E-state index is -0.102. The number of carbonyl (C=O) groups is 1. The van der Waals surface area contributed by atoms with Crippen LogP contribution in [0.5, 0.6) is 5.75 Å². The van der Waals surface area contributed by atoms with Crippen molar-refractivity contribution in [2.45, 2.75) is 12.7 Å². The number of hydrogen-bond donors (Lipinski definition) is 1. The average molecular weight is 419 g/mol. The second kappa shape index (κ2) is 9.26. The molecule has 0 spiro atoms. The van der Waals surface area contributed by atoms with E-state index < -0.39 is 0 Å². The lowest BCUT2D eigenvalue weighted by Gasteiger charge is -2.10. The Morgan fingerprint density at radius 1 is 1.26 bits per heavy atom. The molecule has 1 amide bonds. The van der Waals surface area contributed by atoms with Gasteiger partial charge in [-0.2, -0.15) is 0 Å². The van der Waals surface area contributed by atoms with Gasteiger partial charge in [0.1, 0.15) is 10.8 Å². The van der Waals surface area contributed by atoms with E-state index in [4.69, 9.17) is 16.3 Å². The monoisotopic (exact) mass is 418 g/mol. The molecule has 0 aliphatic heterocycles. The molecule has 2 aromatic carbocycles. The number of hydrogen-bond acceptors (Lipinski definition) is 5. The van der Waals surface area contributed by atoms with Crippen LogP contribution in [0.15, 0.2) is 47.8 Å². The SMILES string of the molecule is COc1ccc(Cl)cc1NC(=O)CSCc1csc(-c2ccc(C)cc2)n1. The van der Waals surface area contributed by atoms with Crippen LogP contribution < -0.4 is 10.1 Å². The Bertz CT molecular complexity index is 926. The number of methoxy groups -OCH3 is 1. The largest absolute Gasteiger partial charge is 0.495 e. The number of amides is 1. The highest BCUT2D eigenvalue weighted by molar-refractivity contribution is 7.99. The van der Waals surface area contributed by atoms with Gasteiger partial charge in [0.05, 0.1) is 24.2 Å². The number of aromatic nitrogens is 1. The quantitative estimate of drug-likeness (QED) is 0.538. The van der Waals surface area contributed by atoms with Crippen molar-refractivity contribution in [2.75, 3.05) is 18.2 Å². The number of thiazole rings is 1. The Balaban J connectivity index is 1.52. The molecule has 1 heterocycles. The molecular weight excluding hydrogens is 400 g/mol. The third-order valence-corrected chi connectivity index (χ3v) is 5.91. The van der Waals surface area contributed by atoms with Crippen molar-refractivity contribution in [3.05, 3.63) is 64.1 Å². The first kappa shape index (κ1) is 19.7. The van der Waals surface area contributed by atoms with Crippen LogP contribution in [-0.4, -0.2) is 23.8 Å². The highest BCUT2D eigenvalue weighted by atomic mass is 35.5. The lowest BCUT2D eigenvalue weighted by atomic mass is 10.2. The number of rotatable bonds is 7. The summed E-state index contributed by atoms with van der Waals surface area (Å²) in [5, 5.41) is 6.42. The summed E-state index contributed by atoms with van der Waals surface area (Å²) >= 11 is 9.12. The first-order chi connectivity index (χ1) is 13.0. The number of nitrogens with zero attached hydrogens (tertiary/aromatic N) is 1. The number of carbonyl (C=O) groups excluding carboxylic acids is 1. The maximum Gasteiger partial charge on any atom is 0.234 e. The van der Waals surface area contributed by atoms with Crippen molar-refractivity contribution in [1.82, 2.24) is 4.98 Å². The Hall–Kier alpha value is -2.02. The van der Waals surface area contributed by atoms with Crippen molar-refractivity contribution in [3.63, 3.8) is 0 Å². The summed E-state index contributed by atoms with van der Waals surface area (Å²) in [6.07, 6.45) is 0. The number of thioether (sulfide) groups is 1. The van der Waals surface area contributed by atoms with Crippen molar-refractivity contribution in [3.8, 4) is 16.3 Å². The Morgan fingerprint density at radius 3 is 2.78 bits per heavy atom. The van der Waals surface area contributed by atoms with Gasteiger partial charge in [0, 0.05) is 21.7 Å². The molecular formula is C20H19ClN2O2S2. The Morgan fingerprint density at radius 2 is 2.04 bits per heavy atom. The number of ether oxygens (including phenoxy) is 1. The molecule has 0 bridgehead atoms. The molecule has 0 aliphatic carbocycles. The lowest BCUT2D eigenvalue weighted by Crippen LogP contribution is -2.14. The van der Waals surface area contributed by atoms with Crippen LogP contribution in [0.4, 0.5) is 5.69 Å². The van der Waals surface area contributed by atoms with E-state index >= 15 is 0 Å². The molecule has 0 atom stereocenters. The molecule has 0 unspecified atom stereocenters. The second-order valence-electron chi connectivity index (χ2n) is 5.90. The molecule has 0 fully saturated rings. The maximum absolute atomic E-state index is 12.2. The Labute approximate surface area is 171 Å². The van der Waals surface area contributed by atoms with Crippen LogP contribution in [0.25, 0.3) is 10.6 Å². The number of anilines is 1. The lowest BCUT2D eigenvalue weighted by molar-refractivity contribution is -0.113. The van der Waals surface area contributed by atoms with Gasteiger partial charge in [-0.25, -0.2) is 4.98 Å². The summed E-state index contributed by atoms with van der Waals surface area (Å²) in [5.41, 5.74) is 3.90. The first-order valence-corrected chi connectivity index (χ1v) is 10.7. The van der Waals surface area contributed by atoms with Crippen LogP contribution in [0.2, 0.25) is 5.02 Å². The van der Waals surface area contributed by atoms with Crippen molar-refractivity contribution in [2.24, 2.45) is 0 Å². The summed E-state index contributed by atoms with van der Waals surface area (Å²) in [7, 11) is 1.56. The number of benzene rings is 2. The molecule has 0 radical (unpaired) electrons. The van der Waals surface area contributed by atoms with Gasteiger partial charge in [-0.1, -0.05) is 41.4 Å². The predicted molar refractivity (Wildman–Crippen MR) is 115 cm³/mol. The van der Waals surface area contributed by atoms with Gasteiger partial charge in [0.2, 0.25) is 5.91 Å². The van der Waals surface area contributed by atoms with Crippen LogP contribution in [0.1, 0.15) is 11.3 Å². The molecule has 1 N–H and O–H groups in total. The van der Waals surface area contributed by atoms with Gasteiger partial charge in [-0.05, 0) is 25.1 Å². The van der Waals surface area contributed by atoms with Crippen LogP contribution in [0, 0.1) is 6.92 Å². The fourth-order valence-electron chi connectivity index (χ4n) is 2.41. The third-order valence-electron chi connectivity index (χ3n) is 3.77. The standard InChI is InChI=1S/C20H19ClN2O2S2/c1-13-3-5-14(6-4-13)20-22-16(11-27-20)10-26-12-19(24)23-17-9-15(21)7-8-18(17)25-2/h3-9,11H,10,12H2,1-2H3,(H,23,24). The first-order valence-electron chi connectivity index (χ1n) is 8.28. The molecule has 7 heteroatoms. The Kier molecular flexibility index (Phi) is 6.77. The van der Waals surface area contributed by atoms with Gasteiger partial charge < -0.3 is 10.1 Å². The number of nitrogens with one attached hydrogen (secondary N) is 1. The van der Waals surface area contributed by atoms with Gasteiger partial charge in [-0.15, -0.1) is 23.1 Å². The van der Waals surface area contributed by atoms with E-state index in [-0.39, 0.29) is 5.91 Å². The number of halogens is 1. The minimum Gasteiger partial charge on any atom is -0.495 e. The summed E-state index contributed by atoms with van der Waals surface area (Å²) in [6.45, 7) is 2.07. The summed E-state index contributed by atoms with van der Waals surface area (Å²) in [6, 6.07) is 13.5. The van der Waals surface area contributed by atoms with Crippen molar-refractivity contribution < 1.29 is 9.53 Å². The smallest absolute Gasteiger partial charge is 0.234 e. The zero-order valence-electron chi connectivity index (χ0n) is 15.0. The van der Waals surface area contributed by atoms with Gasteiger partial charge >= 0.3 is 0 Å². The van der Waals surface area contributed by atoms with Crippen molar-refractivity contribution in [1.29, 1.82) is 0 Å². The normalized spacial score (nSPS) is 10.6. The van der Waals surface area contributed by atoms with E-state index in [2.05, 4.69) is 41.5 Å². The van der Waals surface area contributed by atoms with E-state index in [0.29, 0.717) is 28.0 Å². The van der Waals surface area contributed by atoms with E-state index in [1.54, 1.807) is 36.6 Å². The second-order valence-corrected chi connectivity index (χ2v) is 8.18. The van der Waals surface area contributed by atoms with E-state index in [9.17, 15) is 4.79 Å². The zero-order chi connectivity index (χ0) is 19.2. The van der Waals surface area contributed by atoms with E-state index in [0.717, 1.165) is 16.3 Å². The summed E-state index contributed by atoms with van der Waals surface area (Å²) in [5.74, 6) is 1.49. The van der Waals surface area contributed by atoms with Gasteiger partial charge in [-0.3, -0.25) is 4.79 Å². The molecule has 27 heavy (non-hydrogen) atoms. The fraction of sp³-hybridized carbons (Fsp3) is 0.200. The molecule has 4 nitrogen and oxygen atoms in total. The highest BCUT2D eigenvalue weighted by Crippen LogP contribution is 2.28. The topological polar surface area (TPSA) is 51.2 Å². The fourth-order valence-corrected chi connectivity index (χ4v) is 4.23. The molecule has 0 aliphatic rings. The van der Waals surface area contributed by atoms with Crippen molar-refractivity contribution >= 4 is 46.3 Å². The highest BCUT2D eigenvalue weighted by Gasteiger charge is 2.10. The number of aryl methyl sites for hydroxylation is 1. The van der Waals surface area contributed by atoms with Gasteiger partial charge in [0.25, 0.3) is 0 Å². The zero-order valence-corrected chi connectivity index (χ0v) is 17.4. The maximum atomic E-state index is 12.2. The summed E-state index contributed by atoms with van der Waals surface area (Å²) < 4.78 is 5.24. The molecule has 3 rings (SSSR count). The third kappa shape index (κ3) is 5.48. The molecule has 3 aromatic rings. The average Bonchev–Trinajstić information content (AvgIpc) is 3.11. The molecule has 0 saturated carbocycles. The van der Waals surface area contributed by atoms with Crippen LogP contribution in [-0.2, 0) is 10.5 Å². The molecule has 0 saturated heterocycles. The van der Waals surface area contributed by atoms with Gasteiger partial charge in [0.15, 0.2) is 0 Å². The minimum absolute atomic E-state index is 0.102. The summed E-state index contributed by atoms with van der Waals surface area (Å²) in [4.78, 5) is 16.9. The van der Waals surface area contributed by atoms with Crippen LogP contribution >= 0.6 is 34.7 Å². The van der Waals surface area contributed by atoms with Crippen LogP contribution in [0.3, 0.4) is 0 Å². The molecule has 1 aromatic heterocycles. The molecule has 140 valence electrons. The van der Waals surface area contributed by atoms with E-state index in [1.165, 1.54) is 17.3 Å². The van der Waals surface area contributed by atoms with E-state index in [1.807, 2.05) is 5.38 Å².